The third kappa shape index (κ3) is 2.51. The molecule has 0 bridgehead atoms. The van der Waals surface area contributed by atoms with E-state index in [1.807, 2.05) is 0 Å². The zero-order chi connectivity index (χ0) is 12.6. The van der Waals surface area contributed by atoms with Gasteiger partial charge in [-0.2, -0.15) is 0 Å². The van der Waals surface area contributed by atoms with Crippen molar-refractivity contribution in [3.63, 3.8) is 0 Å². The lowest BCUT2D eigenvalue weighted by molar-refractivity contribution is -0.132. The van der Waals surface area contributed by atoms with Crippen LogP contribution in [0.15, 0.2) is 11.6 Å². The van der Waals surface area contributed by atoms with Crippen LogP contribution in [0.5, 0.6) is 0 Å². The molecule has 0 N–H and O–H groups in total. The topological polar surface area (TPSA) is 34.1 Å². The van der Waals surface area contributed by atoms with E-state index < -0.39 is 0 Å². The summed E-state index contributed by atoms with van der Waals surface area (Å²) in [6, 6.07) is 0. The van der Waals surface area contributed by atoms with Gasteiger partial charge in [0, 0.05) is 12.8 Å². The van der Waals surface area contributed by atoms with Gasteiger partial charge in [-0.25, -0.2) is 0 Å². The molecule has 2 heteroatoms. The summed E-state index contributed by atoms with van der Waals surface area (Å²) in [5.41, 5.74) is 1.61. The van der Waals surface area contributed by atoms with Crippen molar-refractivity contribution in [3.05, 3.63) is 11.6 Å². The Kier molecular flexibility index (Phi) is 3.24. The molecular weight excluding hydrogens is 212 g/mol. The van der Waals surface area contributed by atoms with Crippen LogP contribution in [0.25, 0.3) is 0 Å². The van der Waals surface area contributed by atoms with Crippen LogP contribution < -0.4 is 0 Å². The van der Waals surface area contributed by atoms with E-state index in [9.17, 15) is 9.59 Å². The summed E-state index contributed by atoms with van der Waals surface area (Å²) >= 11 is 0. The summed E-state index contributed by atoms with van der Waals surface area (Å²) in [4.78, 5) is 23.2. The lowest BCUT2D eigenvalue weighted by Gasteiger charge is -2.44. The van der Waals surface area contributed by atoms with E-state index in [0.29, 0.717) is 18.8 Å². The minimum Gasteiger partial charge on any atom is -0.299 e. The van der Waals surface area contributed by atoms with Crippen molar-refractivity contribution in [2.75, 3.05) is 0 Å². The Labute approximate surface area is 103 Å². The Morgan fingerprint density at radius 3 is 2.29 bits per heavy atom. The molecule has 1 saturated carbocycles. The number of hydrogen-bond acceptors (Lipinski definition) is 2. The molecule has 1 fully saturated rings. The second kappa shape index (κ2) is 4.40. The van der Waals surface area contributed by atoms with E-state index in [-0.39, 0.29) is 29.3 Å². The van der Waals surface area contributed by atoms with E-state index in [1.54, 1.807) is 0 Å². The van der Waals surface area contributed by atoms with Gasteiger partial charge >= 0.3 is 0 Å². The molecule has 17 heavy (non-hydrogen) atoms. The number of allylic oxidation sites excluding steroid dienone is 2. The molecule has 2 rings (SSSR count). The van der Waals surface area contributed by atoms with E-state index in [2.05, 4.69) is 26.8 Å². The Bertz CT molecular complexity index is 360. The highest BCUT2D eigenvalue weighted by Gasteiger charge is 2.41. The first-order valence-corrected chi connectivity index (χ1v) is 6.60. The van der Waals surface area contributed by atoms with Crippen LogP contribution in [-0.2, 0) is 9.59 Å². The summed E-state index contributed by atoms with van der Waals surface area (Å²) in [7, 11) is 0. The summed E-state index contributed by atoms with van der Waals surface area (Å²) in [5.74, 6) is 0.931. The number of ketones is 2. The third-order valence-corrected chi connectivity index (χ3v) is 4.43. The van der Waals surface area contributed by atoms with Crippen LogP contribution in [0.3, 0.4) is 0 Å². The fourth-order valence-corrected chi connectivity index (χ4v) is 3.84. The van der Waals surface area contributed by atoms with Gasteiger partial charge in [0.25, 0.3) is 0 Å². The van der Waals surface area contributed by atoms with Gasteiger partial charge in [-0.05, 0) is 37.0 Å². The lowest BCUT2D eigenvalue weighted by atomic mass is 9.60. The Hall–Kier alpha value is -0.920. The van der Waals surface area contributed by atoms with Gasteiger partial charge in [0.2, 0.25) is 0 Å². The number of rotatable bonds is 1. The minimum absolute atomic E-state index is 0.139. The third-order valence-electron chi connectivity index (χ3n) is 4.43. The summed E-state index contributed by atoms with van der Waals surface area (Å²) in [6.45, 7) is 6.71. The van der Waals surface area contributed by atoms with Crippen molar-refractivity contribution in [2.24, 2.45) is 17.3 Å². The fraction of sp³-hybridized carbons (Fsp3) is 0.733. The van der Waals surface area contributed by atoms with Gasteiger partial charge in [0.05, 0.1) is 6.42 Å². The van der Waals surface area contributed by atoms with Gasteiger partial charge in [0.15, 0.2) is 0 Å². The molecule has 0 aromatic rings. The Morgan fingerprint density at radius 1 is 1.18 bits per heavy atom. The first-order chi connectivity index (χ1) is 7.90. The van der Waals surface area contributed by atoms with Crippen molar-refractivity contribution in [2.45, 2.75) is 52.9 Å². The average Bonchev–Trinajstić information content (AvgIpc) is 2.13. The van der Waals surface area contributed by atoms with Crippen molar-refractivity contribution < 1.29 is 9.59 Å². The summed E-state index contributed by atoms with van der Waals surface area (Å²) in [5, 5.41) is 0. The molecule has 0 aromatic carbocycles. The second-order valence-electron chi connectivity index (χ2n) is 6.38. The van der Waals surface area contributed by atoms with E-state index in [4.69, 9.17) is 0 Å². The Morgan fingerprint density at radius 2 is 1.76 bits per heavy atom. The normalized spacial score (nSPS) is 30.3. The molecule has 2 aliphatic rings. The van der Waals surface area contributed by atoms with Gasteiger partial charge in [-0.15, -0.1) is 0 Å². The number of carbonyl (C=O) groups is 2. The molecule has 1 unspecified atom stereocenters. The van der Waals surface area contributed by atoms with Gasteiger partial charge in [0.1, 0.15) is 11.6 Å². The number of Topliss-reactive ketones (excluding diaryl/α,β-unsaturated/α-hetero) is 2. The predicted molar refractivity (Wildman–Crippen MR) is 67.6 cm³/mol. The minimum atomic E-state index is 0.139. The van der Waals surface area contributed by atoms with Crippen molar-refractivity contribution in [1.29, 1.82) is 0 Å². The lowest BCUT2D eigenvalue weighted by Crippen LogP contribution is -2.38. The molecule has 2 aliphatic carbocycles. The zero-order valence-electron chi connectivity index (χ0n) is 11.1. The first-order valence-electron chi connectivity index (χ1n) is 6.60. The highest BCUT2D eigenvalue weighted by molar-refractivity contribution is 6.01. The van der Waals surface area contributed by atoms with Crippen LogP contribution in [-0.4, -0.2) is 11.6 Å². The molecule has 0 aliphatic heterocycles. The van der Waals surface area contributed by atoms with Crippen molar-refractivity contribution >= 4 is 11.6 Å². The molecule has 0 heterocycles. The molecule has 0 spiro atoms. The van der Waals surface area contributed by atoms with Crippen LogP contribution in [0.2, 0.25) is 0 Å². The van der Waals surface area contributed by atoms with Gasteiger partial charge in [-0.1, -0.05) is 25.5 Å². The molecule has 94 valence electrons. The molecule has 0 radical (unpaired) electrons. The molecule has 0 aromatic heterocycles. The van der Waals surface area contributed by atoms with Crippen molar-refractivity contribution in [1.82, 2.24) is 0 Å². The molecule has 1 atom stereocenters. The van der Waals surface area contributed by atoms with E-state index in [0.717, 1.165) is 12.8 Å². The monoisotopic (exact) mass is 234 g/mol. The average molecular weight is 234 g/mol. The van der Waals surface area contributed by atoms with Crippen LogP contribution in [0.4, 0.5) is 0 Å². The quantitative estimate of drug-likeness (QED) is 0.515. The maximum atomic E-state index is 11.6. The smallest absolute Gasteiger partial charge is 0.140 e. The highest BCUT2D eigenvalue weighted by atomic mass is 16.1. The zero-order valence-corrected chi connectivity index (χ0v) is 11.1. The van der Waals surface area contributed by atoms with E-state index in [1.165, 1.54) is 5.57 Å². The van der Waals surface area contributed by atoms with Crippen LogP contribution in [0, 0.1) is 17.3 Å². The second-order valence-corrected chi connectivity index (χ2v) is 6.38. The fourth-order valence-electron chi connectivity index (χ4n) is 3.84. The number of carbonyl (C=O) groups excluding carboxylic acids is 2. The van der Waals surface area contributed by atoms with E-state index >= 15 is 0 Å². The maximum absolute atomic E-state index is 11.6. The van der Waals surface area contributed by atoms with Gasteiger partial charge in [-0.3, -0.25) is 9.59 Å². The largest absolute Gasteiger partial charge is 0.299 e. The Balaban J connectivity index is 2.24. The molecular formula is C15H22O2. The highest BCUT2D eigenvalue weighted by Crippen LogP contribution is 2.47. The standard InChI is InChI=1S/C15H22O2/c1-10-5-4-6-15(2,3)14(10)11-7-12(16)9-13(17)8-11/h5,11,14H,4,6-9H2,1-3H3. The predicted octanol–water partition coefficient (Wildman–Crippen LogP) is 3.31. The van der Waals surface area contributed by atoms with Crippen LogP contribution in [0.1, 0.15) is 52.9 Å². The molecule has 2 nitrogen and oxygen atoms in total. The first kappa shape index (κ1) is 12.5. The maximum Gasteiger partial charge on any atom is 0.140 e. The van der Waals surface area contributed by atoms with Crippen LogP contribution >= 0.6 is 0 Å². The van der Waals surface area contributed by atoms with Gasteiger partial charge < -0.3 is 0 Å². The summed E-state index contributed by atoms with van der Waals surface area (Å²) < 4.78 is 0. The molecule has 0 amide bonds. The number of hydrogen-bond donors (Lipinski definition) is 0. The van der Waals surface area contributed by atoms with Crippen molar-refractivity contribution in [3.8, 4) is 0 Å². The summed E-state index contributed by atoms with van der Waals surface area (Å²) in [6.07, 6.45) is 5.96. The molecule has 0 saturated heterocycles. The SMILES string of the molecule is CC1=CCCC(C)(C)C1C1CC(=O)CC(=O)C1.